The van der Waals surface area contributed by atoms with Gasteiger partial charge in [-0.2, -0.15) is 5.26 Å². The first-order chi connectivity index (χ1) is 9.63. The molecule has 0 bridgehead atoms. The summed E-state index contributed by atoms with van der Waals surface area (Å²) in [6.45, 7) is 0.994. The fourth-order valence-corrected chi connectivity index (χ4v) is 1.65. The van der Waals surface area contributed by atoms with Gasteiger partial charge in [-0.1, -0.05) is 0 Å². The molecule has 0 atom stereocenters. The predicted octanol–water partition coefficient (Wildman–Crippen LogP) is 1.10. The molecule has 0 saturated heterocycles. The number of hydrogen-bond acceptors (Lipinski definition) is 4. The molecule has 3 N–H and O–H groups in total. The summed E-state index contributed by atoms with van der Waals surface area (Å²) in [7, 11) is 0. The molecule has 0 aliphatic carbocycles. The fourth-order valence-electron chi connectivity index (χ4n) is 1.65. The zero-order valence-electron chi connectivity index (χ0n) is 10.5. The number of anilines is 1. The molecule has 1 amide bonds. The maximum Gasteiger partial charge on any atom is 0.275 e. The molecule has 6 nitrogen and oxygen atoms in total. The highest BCUT2D eigenvalue weighted by molar-refractivity contribution is 6.03. The summed E-state index contributed by atoms with van der Waals surface area (Å²) in [6, 6.07) is 5.39. The Bertz CT molecular complexity index is 674. The van der Waals surface area contributed by atoms with Gasteiger partial charge >= 0.3 is 0 Å². The monoisotopic (exact) mass is 273 g/mol. The average Bonchev–Trinajstić information content (AvgIpc) is 2.90. The van der Waals surface area contributed by atoms with Crippen molar-refractivity contribution < 1.29 is 9.18 Å². The summed E-state index contributed by atoms with van der Waals surface area (Å²) in [4.78, 5) is 15.9. The first kappa shape index (κ1) is 13.7. The second-order valence-electron chi connectivity index (χ2n) is 4.04. The van der Waals surface area contributed by atoms with Crippen LogP contribution >= 0.6 is 0 Å². The van der Waals surface area contributed by atoms with Crippen molar-refractivity contribution in [2.45, 2.75) is 6.54 Å². The van der Waals surface area contributed by atoms with Crippen molar-refractivity contribution in [2.24, 2.45) is 5.73 Å². The van der Waals surface area contributed by atoms with Crippen molar-refractivity contribution in [3.05, 3.63) is 47.8 Å². The quantitative estimate of drug-likeness (QED) is 0.871. The molecule has 0 fully saturated rings. The van der Waals surface area contributed by atoms with E-state index in [9.17, 15) is 9.18 Å². The van der Waals surface area contributed by atoms with Crippen LogP contribution in [0.15, 0.2) is 30.7 Å². The fraction of sp³-hybridized carbons (Fsp3) is 0.154. The Hall–Kier alpha value is -2.72. The van der Waals surface area contributed by atoms with Crippen LogP contribution in [0.1, 0.15) is 16.1 Å². The van der Waals surface area contributed by atoms with E-state index in [1.165, 1.54) is 18.5 Å². The number of aromatic nitrogens is 2. The number of hydrogen-bond donors (Lipinski definition) is 2. The van der Waals surface area contributed by atoms with E-state index in [2.05, 4.69) is 10.3 Å². The van der Waals surface area contributed by atoms with Gasteiger partial charge in [-0.25, -0.2) is 9.37 Å². The number of rotatable bonds is 4. The highest BCUT2D eigenvalue weighted by atomic mass is 19.1. The van der Waals surface area contributed by atoms with Crippen molar-refractivity contribution in [2.75, 3.05) is 11.9 Å². The molecular weight excluding hydrogens is 261 g/mol. The number of carbonyl (C=O) groups is 1. The Morgan fingerprint density at radius 1 is 1.55 bits per heavy atom. The van der Waals surface area contributed by atoms with E-state index < -0.39 is 11.7 Å². The van der Waals surface area contributed by atoms with Crippen LogP contribution in [-0.4, -0.2) is 22.0 Å². The topological polar surface area (TPSA) is 96.7 Å². The minimum atomic E-state index is -0.535. The number of nitrogens with two attached hydrogens (primary N) is 1. The second-order valence-corrected chi connectivity index (χ2v) is 4.04. The number of halogens is 1. The first-order valence-corrected chi connectivity index (χ1v) is 5.87. The molecular formula is C13H12FN5O. The maximum absolute atomic E-state index is 13.0. The number of carbonyl (C=O) groups excluding carboxylic acids is 1. The summed E-state index contributed by atoms with van der Waals surface area (Å²) >= 11 is 0. The van der Waals surface area contributed by atoms with Crippen molar-refractivity contribution in [3.8, 4) is 6.07 Å². The first-order valence-electron chi connectivity index (χ1n) is 5.87. The third-order valence-corrected chi connectivity index (χ3v) is 2.60. The van der Waals surface area contributed by atoms with E-state index in [0.717, 1.165) is 6.07 Å². The summed E-state index contributed by atoms with van der Waals surface area (Å²) in [5.74, 6) is -1.00. The molecule has 0 unspecified atom stereocenters. The minimum Gasteiger partial charge on any atom is -0.335 e. The molecule has 0 aliphatic heterocycles. The van der Waals surface area contributed by atoms with Gasteiger partial charge in [0.15, 0.2) is 0 Å². The molecule has 1 aromatic heterocycles. The molecule has 7 heteroatoms. The summed E-state index contributed by atoms with van der Waals surface area (Å²) in [5, 5.41) is 11.4. The van der Waals surface area contributed by atoms with Crippen LogP contribution in [0.4, 0.5) is 10.1 Å². The molecule has 0 radical (unpaired) electrons. The van der Waals surface area contributed by atoms with E-state index in [1.54, 1.807) is 10.8 Å². The minimum absolute atomic E-state index is 0.0553. The van der Waals surface area contributed by atoms with Crippen molar-refractivity contribution >= 4 is 11.6 Å². The molecule has 0 saturated carbocycles. The predicted molar refractivity (Wildman–Crippen MR) is 70.3 cm³/mol. The Balaban J connectivity index is 2.17. The molecule has 1 heterocycles. The lowest BCUT2D eigenvalue weighted by molar-refractivity contribution is 0.102. The number of imidazole rings is 1. The van der Waals surface area contributed by atoms with Crippen LogP contribution in [0.2, 0.25) is 0 Å². The van der Waals surface area contributed by atoms with Crippen LogP contribution in [0.3, 0.4) is 0 Å². The second kappa shape index (κ2) is 5.95. The normalized spacial score (nSPS) is 10.1. The van der Waals surface area contributed by atoms with Gasteiger partial charge in [0, 0.05) is 19.3 Å². The van der Waals surface area contributed by atoms with Gasteiger partial charge < -0.3 is 15.6 Å². The lowest BCUT2D eigenvalue weighted by Crippen LogP contribution is -2.13. The molecule has 1 aromatic carbocycles. The third kappa shape index (κ3) is 2.99. The maximum atomic E-state index is 13.0. The lowest BCUT2D eigenvalue weighted by Gasteiger charge is -2.05. The van der Waals surface area contributed by atoms with Crippen molar-refractivity contribution in [1.29, 1.82) is 5.26 Å². The van der Waals surface area contributed by atoms with Crippen LogP contribution < -0.4 is 11.1 Å². The largest absolute Gasteiger partial charge is 0.335 e. The van der Waals surface area contributed by atoms with Crippen molar-refractivity contribution in [3.63, 3.8) is 0 Å². The lowest BCUT2D eigenvalue weighted by atomic mass is 10.2. The van der Waals surface area contributed by atoms with E-state index in [0.29, 0.717) is 13.1 Å². The Morgan fingerprint density at radius 3 is 3.05 bits per heavy atom. The standard InChI is InChI=1S/C13H12FN5O/c14-10-1-2-11(9(5-10)6-16)18-13(20)12-7-19(4-3-15)8-17-12/h1-2,5,7-8H,3-4,15H2,(H,18,20). The molecule has 0 spiro atoms. The number of benzene rings is 1. The van der Waals surface area contributed by atoms with Gasteiger partial charge in [0.1, 0.15) is 17.6 Å². The Morgan fingerprint density at radius 2 is 2.35 bits per heavy atom. The van der Waals surface area contributed by atoms with Crippen molar-refractivity contribution in [1.82, 2.24) is 9.55 Å². The molecule has 2 aromatic rings. The van der Waals surface area contributed by atoms with Gasteiger partial charge in [-0.15, -0.1) is 0 Å². The van der Waals surface area contributed by atoms with Crippen LogP contribution in [0.5, 0.6) is 0 Å². The molecule has 0 aliphatic rings. The Labute approximate surface area is 114 Å². The molecule has 2 rings (SSSR count). The zero-order valence-corrected chi connectivity index (χ0v) is 10.5. The number of nitrogens with zero attached hydrogens (tertiary/aromatic N) is 3. The van der Waals surface area contributed by atoms with Crippen LogP contribution in [0, 0.1) is 17.1 Å². The molecule has 102 valence electrons. The summed E-state index contributed by atoms with van der Waals surface area (Å²) in [6.07, 6.45) is 3.05. The Kier molecular flexibility index (Phi) is 4.08. The number of nitriles is 1. The van der Waals surface area contributed by atoms with E-state index in [1.807, 2.05) is 6.07 Å². The van der Waals surface area contributed by atoms with Crippen LogP contribution in [0.25, 0.3) is 0 Å². The summed E-state index contributed by atoms with van der Waals surface area (Å²) in [5.41, 5.74) is 5.90. The number of nitrogens with one attached hydrogen (secondary N) is 1. The van der Waals surface area contributed by atoms with E-state index in [-0.39, 0.29) is 16.9 Å². The average molecular weight is 273 g/mol. The highest BCUT2D eigenvalue weighted by Crippen LogP contribution is 2.16. The SMILES string of the molecule is N#Cc1cc(F)ccc1NC(=O)c1cn(CCN)cn1. The van der Waals surface area contributed by atoms with Gasteiger partial charge in [0.05, 0.1) is 17.6 Å². The van der Waals surface area contributed by atoms with Gasteiger partial charge in [-0.05, 0) is 18.2 Å². The van der Waals surface area contributed by atoms with Gasteiger partial charge in [0.2, 0.25) is 0 Å². The smallest absolute Gasteiger partial charge is 0.275 e. The van der Waals surface area contributed by atoms with E-state index in [4.69, 9.17) is 11.0 Å². The highest BCUT2D eigenvalue weighted by Gasteiger charge is 2.12. The number of amides is 1. The molecule has 20 heavy (non-hydrogen) atoms. The summed E-state index contributed by atoms with van der Waals surface area (Å²) < 4.78 is 14.7. The van der Waals surface area contributed by atoms with Crippen LogP contribution in [-0.2, 0) is 6.54 Å². The van der Waals surface area contributed by atoms with Gasteiger partial charge in [-0.3, -0.25) is 4.79 Å². The third-order valence-electron chi connectivity index (χ3n) is 2.60. The van der Waals surface area contributed by atoms with E-state index >= 15 is 0 Å². The van der Waals surface area contributed by atoms with Gasteiger partial charge in [0.25, 0.3) is 5.91 Å². The zero-order chi connectivity index (χ0) is 14.5.